The summed E-state index contributed by atoms with van der Waals surface area (Å²) >= 11 is 2.77. The van der Waals surface area contributed by atoms with Crippen LogP contribution in [0.25, 0.3) is 0 Å². The monoisotopic (exact) mass is 241 g/mol. The third-order valence-corrected chi connectivity index (χ3v) is 1.48. The fourth-order valence-electron chi connectivity index (χ4n) is 0.759. The van der Waals surface area contributed by atoms with Gasteiger partial charge in [-0.25, -0.2) is 4.39 Å². The summed E-state index contributed by atoms with van der Waals surface area (Å²) in [4.78, 5) is 13.1. The number of hydrogen-bond donors (Lipinski definition) is 1. The Bertz CT molecular complexity index is 381. The van der Waals surface area contributed by atoms with E-state index in [9.17, 15) is 9.18 Å². The van der Waals surface area contributed by atoms with Gasteiger partial charge in [-0.1, -0.05) is 12.1 Å². The number of nitrogens with one attached hydrogen (secondary N) is 1. The second-order valence-electron chi connectivity index (χ2n) is 2.15. The second-order valence-corrected chi connectivity index (χ2v) is 2.55. The number of halogens is 2. The minimum atomic E-state index is -0.554. The minimum absolute atomic E-state index is 0.128. The van der Waals surface area contributed by atoms with Gasteiger partial charge in [0.05, 0.1) is 5.69 Å². The topological polar surface area (TPSA) is 29.1 Å². The Labute approximate surface area is 83.3 Å². The van der Waals surface area contributed by atoms with Crippen LogP contribution in [-0.4, -0.2) is 5.91 Å². The summed E-state index contributed by atoms with van der Waals surface area (Å²) < 4.78 is 12.9. The predicted octanol–water partition coefficient (Wildman–Crippen LogP) is 2.12. The number of anilines is 1. The zero-order chi connectivity index (χ0) is 9.68. The minimum Gasteiger partial charge on any atom is -0.313 e. The van der Waals surface area contributed by atoms with Crippen molar-refractivity contribution in [1.29, 1.82) is 0 Å². The molecule has 2 nitrogen and oxygen atoms in total. The van der Waals surface area contributed by atoms with Crippen LogP contribution in [0.2, 0.25) is 0 Å². The van der Waals surface area contributed by atoms with Gasteiger partial charge in [0.15, 0.2) is 0 Å². The van der Waals surface area contributed by atoms with E-state index in [1.54, 1.807) is 12.1 Å². The highest BCUT2D eigenvalue weighted by Gasteiger charge is 2.02. The molecule has 0 aliphatic heterocycles. The number of para-hydroxylation sites is 1. The van der Waals surface area contributed by atoms with Crippen LogP contribution >= 0.6 is 15.9 Å². The molecule has 0 aliphatic carbocycles. The van der Waals surface area contributed by atoms with Gasteiger partial charge in [0, 0.05) is 21.9 Å². The smallest absolute Gasteiger partial charge is 0.301 e. The van der Waals surface area contributed by atoms with Gasteiger partial charge in [-0.15, -0.1) is 0 Å². The van der Waals surface area contributed by atoms with E-state index >= 15 is 0 Å². The van der Waals surface area contributed by atoms with E-state index in [0.717, 1.165) is 0 Å². The predicted molar refractivity (Wildman–Crippen MR) is 51.7 cm³/mol. The van der Waals surface area contributed by atoms with Crippen LogP contribution in [0.5, 0.6) is 0 Å². The van der Waals surface area contributed by atoms with Crippen molar-refractivity contribution in [3.63, 3.8) is 0 Å². The summed E-state index contributed by atoms with van der Waals surface area (Å²) in [6, 6.07) is 5.89. The number of amides is 1. The molecule has 0 spiro atoms. The molecular weight excluding hydrogens is 237 g/mol. The van der Waals surface area contributed by atoms with E-state index in [2.05, 4.69) is 32.0 Å². The summed E-state index contributed by atoms with van der Waals surface area (Å²) in [5, 5.41) is 2.29. The lowest BCUT2D eigenvalue weighted by atomic mass is 10.3. The van der Waals surface area contributed by atoms with Crippen LogP contribution in [0.1, 0.15) is 0 Å². The molecule has 1 amide bonds. The third-order valence-electron chi connectivity index (χ3n) is 1.28. The molecule has 13 heavy (non-hydrogen) atoms. The first-order valence-electron chi connectivity index (χ1n) is 3.41. The molecule has 4 heteroatoms. The first kappa shape index (κ1) is 9.75. The fourth-order valence-corrected chi connectivity index (χ4v) is 0.939. The molecule has 0 fully saturated rings. The van der Waals surface area contributed by atoms with Crippen molar-refractivity contribution in [3.8, 4) is 10.8 Å². The van der Waals surface area contributed by atoms with Gasteiger partial charge in [0.2, 0.25) is 0 Å². The summed E-state index contributed by atoms with van der Waals surface area (Å²) in [6.07, 6.45) is 0. The maximum atomic E-state index is 12.9. The highest BCUT2D eigenvalue weighted by Crippen LogP contribution is 2.11. The average molecular weight is 242 g/mol. The molecule has 0 heterocycles. The second kappa shape index (κ2) is 4.63. The Morgan fingerprint density at radius 1 is 1.46 bits per heavy atom. The lowest BCUT2D eigenvalue weighted by molar-refractivity contribution is -0.111. The largest absolute Gasteiger partial charge is 0.313 e. The maximum Gasteiger partial charge on any atom is 0.301 e. The van der Waals surface area contributed by atoms with Crippen molar-refractivity contribution in [1.82, 2.24) is 0 Å². The molecule has 0 saturated carbocycles. The summed E-state index contributed by atoms with van der Waals surface area (Å²) in [7, 11) is 0. The van der Waals surface area contributed by atoms with Crippen molar-refractivity contribution >= 4 is 27.5 Å². The molecule has 1 N–H and O–H groups in total. The number of carbonyl (C=O) groups is 1. The van der Waals surface area contributed by atoms with Crippen LogP contribution in [0, 0.1) is 16.6 Å². The molecular formula is C9H5BrFNO. The number of carbonyl (C=O) groups excluding carboxylic acids is 1. The number of hydrogen-bond acceptors (Lipinski definition) is 1. The number of rotatable bonds is 1. The normalized spacial score (nSPS) is 8.46. The molecule has 0 radical (unpaired) electrons. The molecule has 0 bridgehead atoms. The van der Waals surface area contributed by atoms with E-state index in [-0.39, 0.29) is 5.69 Å². The van der Waals surface area contributed by atoms with Gasteiger partial charge in [-0.3, -0.25) is 4.79 Å². The summed E-state index contributed by atoms with van der Waals surface area (Å²) in [5.74, 6) is 1.14. The third kappa shape index (κ3) is 2.88. The van der Waals surface area contributed by atoms with Crippen molar-refractivity contribution in [2.75, 3.05) is 5.32 Å². The van der Waals surface area contributed by atoms with Gasteiger partial charge < -0.3 is 5.32 Å². The lowest BCUT2D eigenvalue weighted by Crippen LogP contribution is -2.09. The summed E-state index contributed by atoms with van der Waals surface area (Å²) in [6.45, 7) is 0. The quantitative estimate of drug-likeness (QED) is 0.751. The van der Waals surface area contributed by atoms with Crippen molar-refractivity contribution in [2.24, 2.45) is 0 Å². The average Bonchev–Trinajstić information content (AvgIpc) is 2.09. The van der Waals surface area contributed by atoms with Crippen LogP contribution in [0.4, 0.5) is 10.1 Å². The Hall–Kier alpha value is -1.34. The zero-order valence-corrected chi connectivity index (χ0v) is 8.06. The van der Waals surface area contributed by atoms with E-state index < -0.39 is 11.7 Å². The Morgan fingerprint density at radius 3 is 2.77 bits per heavy atom. The SMILES string of the molecule is O=C(C#CBr)Nc1ccccc1F. The van der Waals surface area contributed by atoms with Gasteiger partial charge in [-0.05, 0) is 17.0 Å². The van der Waals surface area contributed by atoms with Crippen molar-refractivity contribution in [3.05, 3.63) is 30.1 Å². The van der Waals surface area contributed by atoms with Gasteiger partial charge in [0.25, 0.3) is 0 Å². The zero-order valence-electron chi connectivity index (χ0n) is 6.47. The van der Waals surface area contributed by atoms with Crippen LogP contribution in [0.15, 0.2) is 24.3 Å². The fraction of sp³-hybridized carbons (Fsp3) is 0. The molecule has 0 unspecified atom stereocenters. The molecule has 1 aromatic rings. The molecule has 0 atom stereocenters. The van der Waals surface area contributed by atoms with Gasteiger partial charge in [-0.2, -0.15) is 0 Å². The maximum absolute atomic E-state index is 12.9. The Kier molecular flexibility index (Phi) is 3.47. The Balaban J connectivity index is 2.78. The number of benzene rings is 1. The summed E-state index contributed by atoms with van der Waals surface area (Å²) in [5.41, 5.74) is 0.128. The van der Waals surface area contributed by atoms with E-state index in [0.29, 0.717) is 0 Å². The van der Waals surface area contributed by atoms with Crippen LogP contribution < -0.4 is 5.32 Å². The van der Waals surface area contributed by atoms with Crippen LogP contribution in [-0.2, 0) is 4.79 Å². The lowest BCUT2D eigenvalue weighted by Gasteiger charge is -2.00. The van der Waals surface area contributed by atoms with Crippen molar-refractivity contribution < 1.29 is 9.18 Å². The van der Waals surface area contributed by atoms with E-state index in [1.807, 2.05) is 0 Å². The highest BCUT2D eigenvalue weighted by molar-refractivity contribution is 9.12. The molecule has 0 aliphatic rings. The molecule has 1 rings (SSSR count). The van der Waals surface area contributed by atoms with Crippen molar-refractivity contribution in [2.45, 2.75) is 0 Å². The first-order chi connectivity index (χ1) is 6.24. The standard InChI is InChI=1S/C9H5BrFNO/c10-6-5-9(13)12-8-4-2-1-3-7(8)11/h1-4H,(H,12,13). The molecule has 0 saturated heterocycles. The molecule has 1 aromatic carbocycles. The Morgan fingerprint density at radius 2 is 2.15 bits per heavy atom. The van der Waals surface area contributed by atoms with Gasteiger partial charge in [0.1, 0.15) is 5.82 Å². The van der Waals surface area contributed by atoms with E-state index in [4.69, 9.17) is 0 Å². The first-order valence-corrected chi connectivity index (χ1v) is 4.20. The van der Waals surface area contributed by atoms with Gasteiger partial charge >= 0.3 is 5.91 Å². The van der Waals surface area contributed by atoms with Crippen LogP contribution in [0.3, 0.4) is 0 Å². The molecule has 0 aromatic heterocycles. The molecule has 66 valence electrons. The van der Waals surface area contributed by atoms with E-state index in [1.165, 1.54) is 12.1 Å². The highest BCUT2D eigenvalue weighted by atomic mass is 79.9.